The van der Waals surface area contributed by atoms with E-state index in [2.05, 4.69) is 10.3 Å². The van der Waals surface area contributed by atoms with Gasteiger partial charge in [-0.3, -0.25) is 0 Å². The van der Waals surface area contributed by atoms with Gasteiger partial charge in [0.15, 0.2) is 11.5 Å². The lowest BCUT2D eigenvalue weighted by Gasteiger charge is -2.07. The first-order valence-corrected chi connectivity index (χ1v) is 5.55. The van der Waals surface area contributed by atoms with Crippen LogP contribution in [-0.4, -0.2) is 11.8 Å². The molecule has 0 unspecified atom stereocenters. The van der Waals surface area contributed by atoms with Crippen molar-refractivity contribution in [1.82, 2.24) is 4.98 Å². The molecule has 0 spiro atoms. The Morgan fingerprint density at radius 3 is 2.94 bits per heavy atom. The van der Waals surface area contributed by atoms with Crippen LogP contribution in [0.1, 0.15) is 5.56 Å². The summed E-state index contributed by atoms with van der Waals surface area (Å²) in [5.41, 5.74) is 1.73. The summed E-state index contributed by atoms with van der Waals surface area (Å²) in [5, 5.41) is 3.12. The summed E-state index contributed by atoms with van der Waals surface area (Å²) in [7, 11) is 0. The molecule has 0 aliphatic carbocycles. The average Bonchev–Trinajstić information content (AvgIpc) is 2.84. The average molecular weight is 246 g/mol. The quantitative estimate of drug-likeness (QED) is 0.845. The van der Waals surface area contributed by atoms with Crippen molar-refractivity contribution in [3.63, 3.8) is 0 Å². The molecule has 0 saturated heterocycles. The Kier molecular flexibility index (Phi) is 2.72. The van der Waals surface area contributed by atoms with E-state index in [1.807, 2.05) is 18.2 Å². The smallest absolute Gasteiger partial charge is 0.231 e. The normalized spacial score (nSPS) is 12.5. The van der Waals surface area contributed by atoms with Gasteiger partial charge in [-0.2, -0.15) is 4.39 Å². The SMILES string of the molecule is Fc1cc(NCc2ccc3c(c2)OCO3)ccn1. The Labute approximate surface area is 103 Å². The van der Waals surface area contributed by atoms with Crippen LogP contribution in [-0.2, 0) is 6.54 Å². The maximum absolute atomic E-state index is 12.9. The predicted molar refractivity (Wildman–Crippen MR) is 64.1 cm³/mol. The molecule has 1 aliphatic heterocycles. The summed E-state index contributed by atoms with van der Waals surface area (Å²) in [5.74, 6) is 1.01. The van der Waals surface area contributed by atoms with E-state index in [4.69, 9.17) is 9.47 Å². The summed E-state index contributed by atoms with van der Waals surface area (Å²) < 4.78 is 23.4. The molecule has 4 nitrogen and oxygen atoms in total. The molecule has 92 valence electrons. The van der Waals surface area contributed by atoms with Crippen LogP contribution in [0.2, 0.25) is 0 Å². The number of fused-ring (bicyclic) bond motifs is 1. The number of benzene rings is 1. The van der Waals surface area contributed by atoms with E-state index in [1.165, 1.54) is 12.3 Å². The Bertz CT molecular complexity index is 575. The number of ether oxygens (including phenoxy) is 2. The fraction of sp³-hybridized carbons (Fsp3) is 0.154. The second-order valence-corrected chi connectivity index (χ2v) is 3.91. The molecule has 18 heavy (non-hydrogen) atoms. The van der Waals surface area contributed by atoms with Crippen LogP contribution in [0, 0.1) is 5.95 Å². The van der Waals surface area contributed by atoms with Gasteiger partial charge < -0.3 is 14.8 Å². The van der Waals surface area contributed by atoms with E-state index in [0.717, 1.165) is 17.1 Å². The Balaban J connectivity index is 1.70. The topological polar surface area (TPSA) is 43.4 Å². The molecule has 5 heteroatoms. The first-order chi connectivity index (χ1) is 8.81. The monoisotopic (exact) mass is 246 g/mol. The molecule has 2 aromatic rings. The van der Waals surface area contributed by atoms with Crippen molar-refractivity contribution in [2.75, 3.05) is 12.1 Å². The van der Waals surface area contributed by atoms with Crippen LogP contribution in [0.4, 0.5) is 10.1 Å². The Hall–Kier alpha value is -2.30. The third-order valence-corrected chi connectivity index (χ3v) is 2.66. The van der Waals surface area contributed by atoms with Gasteiger partial charge in [0.25, 0.3) is 0 Å². The number of anilines is 1. The van der Waals surface area contributed by atoms with Gasteiger partial charge in [-0.05, 0) is 23.8 Å². The summed E-state index contributed by atoms with van der Waals surface area (Å²) in [4.78, 5) is 3.50. The number of halogens is 1. The highest BCUT2D eigenvalue weighted by Gasteiger charge is 2.12. The second-order valence-electron chi connectivity index (χ2n) is 3.91. The lowest BCUT2D eigenvalue weighted by Crippen LogP contribution is -2.00. The van der Waals surface area contributed by atoms with Crippen molar-refractivity contribution in [2.45, 2.75) is 6.54 Å². The Morgan fingerprint density at radius 2 is 2.06 bits per heavy atom. The third kappa shape index (κ3) is 2.20. The molecular formula is C13H11FN2O2. The molecule has 2 heterocycles. The highest BCUT2D eigenvalue weighted by atomic mass is 19.1. The summed E-state index contributed by atoms with van der Waals surface area (Å²) in [6, 6.07) is 8.79. The molecule has 0 radical (unpaired) electrons. The molecule has 1 aromatic heterocycles. The van der Waals surface area contributed by atoms with Gasteiger partial charge in [0.05, 0.1) is 0 Å². The van der Waals surface area contributed by atoms with Crippen molar-refractivity contribution < 1.29 is 13.9 Å². The molecular weight excluding hydrogens is 235 g/mol. The molecule has 0 saturated carbocycles. The van der Waals surface area contributed by atoms with Crippen molar-refractivity contribution >= 4 is 5.69 Å². The van der Waals surface area contributed by atoms with E-state index in [9.17, 15) is 4.39 Å². The lowest BCUT2D eigenvalue weighted by atomic mass is 10.2. The molecule has 1 aliphatic rings. The second kappa shape index (κ2) is 4.52. The summed E-state index contributed by atoms with van der Waals surface area (Å²) >= 11 is 0. The van der Waals surface area contributed by atoms with Crippen LogP contribution in [0.5, 0.6) is 11.5 Å². The van der Waals surface area contributed by atoms with Crippen molar-refractivity contribution in [1.29, 1.82) is 0 Å². The molecule has 1 N–H and O–H groups in total. The number of nitrogens with one attached hydrogen (secondary N) is 1. The van der Waals surface area contributed by atoms with E-state index in [-0.39, 0.29) is 6.79 Å². The maximum Gasteiger partial charge on any atom is 0.231 e. The van der Waals surface area contributed by atoms with E-state index in [1.54, 1.807) is 6.07 Å². The van der Waals surface area contributed by atoms with Crippen molar-refractivity contribution in [3.8, 4) is 11.5 Å². The van der Waals surface area contributed by atoms with Crippen molar-refractivity contribution in [2.24, 2.45) is 0 Å². The number of pyridine rings is 1. The van der Waals surface area contributed by atoms with Gasteiger partial charge in [0.1, 0.15) is 0 Å². The Morgan fingerprint density at radius 1 is 1.17 bits per heavy atom. The number of rotatable bonds is 3. The predicted octanol–water partition coefficient (Wildman–Crippen LogP) is 2.56. The minimum absolute atomic E-state index is 0.266. The zero-order valence-corrected chi connectivity index (χ0v) is 9.52. The van der Waals surface area contributed by atoms with Gasteiger partial charge in [-0.15, -0.1) is 0 Å². The van der Waals surface area contributed by atoms with Gasteiger partial charge in [-0.1, -0.05) is 6.07 Å². The fourth-order valence-electron chi connectivity index (χ4n) is 1.77. The zero-order chi connectivity index (χ0) is 12.4. The fourth-order valence-corrected chi connectivity index (χ4v) is 1.77. The molecule has 1 aromatic carbocycles. The zero-order valence-electron chi connectivity index (χ0n) is 9.52. The molecule has 0 amide bonds. The van der Waals surface area contributed by atoms with Gasteiger partial charge in [0, 0.05) is 24.5 Å². The minimum Gasteiger partial charge on any atom is -0.454 e. The lowest BCUT2D eigenvalue weighted by molar-refractivity contribution is 0.174. The number of aromatic nitrogens is 1. The molecule has 0 fully saturated rings. The van der Waals surface area contributed by atoms with Gasteiger partial charge in [-0.25, -0.2) is 4.98 Å². The number of nitrogens with zero attached hydrogens (tertiary/aromatic N) is 1. The van der Waals surface area contributed by atoms with Gasteiger partial charge in [0.2, 0.25) is 12.7 Å². The minimum atomic E-state index is -0.495. The number of hydrogen-bond donors (Lipinski definition) is 1. The first kappa shape index (κ1) is 10.8. The molecule has 0 bridgehead atoms. The summed E-state index contributed by atoms with van der Waals surface area (Å²) in [6.07, 6.45) is 1.43. The van der Waals surface area contributed by atoms with Crippen molar-refractivity contribution in [3.05, 3.63) is 48.0 Å². The molecule has 0 atom stereocenters. The van der Waals surface area contributed by atoms with Crippen LogP contribution in [0.15, 0.2) is 36.5 Å². The van der Waals surface area contributed by atoms with Crippen LogP contribution in [0.3, 0.4) is 0 Å². The first-order valence-electron chi connectivity index (χ1n) is 5.55. The number of hydrogen-bond acceptors (Lipinski definition) is 4. The third-order valence-electron chi connectivity index (χ3n) is 2.66. The highest BCUT2D eigenvalue weighted by molar-refractivity contribution is 5.47. The van der Waals surface area contributed by atoms with Crippen LogP contribution < -0.4 is 14.8 Å². The standard InChI is InChI=1S/C13H11FN2O2/c14-13-6-10(3-4-15-13)16-7-9-1-2-11-12(5-9)18-8-17-11/h1-6H,7-8H2,(H,15,16). The summed E-state index contributed by atoms with van der Waals surface area (Å²) in [6.45, 7) is 0.849. The van der Waals surface area contributed by atoms with E-state index >= 15 is 0 Å². The van der Waals surface area contributed by atoms with E-state index < -0.39 is 5.95 Å². The van der Waals surface area contributed by atoms with Crippen LogP contribution >= 0.6 is 0 Å². The van der Waals surface area contributed by atoms with Crippen LogP contribution in [0.25, 0.3) is 0 Å². The van der Waals surface area contributed by atoms with E-state index in [0.29, 0.717) is 12.2 Å². The largest absolute Gasteiger partial charge is 0.454 e. The maximum atomic E-state index is 12.9. The molecule has 3 rings (SSSR count). The van der Waals surface area contributed by atoms with Gasteiger partial charge >= 0.3 is 0 Å². The highest BCUT2D eigenvalue weighted by Crippen LogP contribution is 2.32.